The van der Waals surface area contributed by atoms with Gasteiger partial charge in [0.25, 0.3) is 11.8 Å². The molecular formula is C29H33N3O7S. The summed E-state index contributed by atoms with van der Waals surface area (Å²) < 4.78 is 44.2. The molecule has 1 aliphatic rings. The van der Waals surface area contributed by atoms with Gasteiger partial charge in [-0.2, -0.15) is 4.31 Å². The topological polar surface area (TPSA) is 123 Å². The third-order valence-electron chi connectivity index (χ3n) is 6.54. The Morgan fingerprint density at radius 2 is 1.57 bits per heavy atom. The molecule has 40 heavy (non-hydrogen) atoms. The number of ether oxygens (including phenoxy) is 3. The number of amides is 2. The molecule has 10 nitrogen and oxygen atoms in total. The van der Waals surface area contributed by atoms with Crippen LogP contribution in [-0.4, -0.2) is 58.5 Å². The summed E-state index contributed by atoms with van der Waals surface area (Å²) in [5.41, 5.74) is 1.75. The van der Waals surface area contributed by atoms with Gasteiger partial charge < -0.3 is 24.8 Å². The Hall–Kier alpha value is -4.09. The lowest BCUT2D eigenvalue weighted by atomic mass is 10.1. The van der Waals surface area contributed by atoms with Crippen molar-refractivity contribution in [3.63, 3.8) is 0 Å². The van der Waals surface area contributed by atoms with Crippen molar-refractivity contribution in [3.8, 4) is 17.2 Å². The third kappa shape index (κ3) is 6.72. The molecule has 1 fully saturated rings. The number of carbonyl (C=O) groups excluding carboxylic acids is 2. The second kappa shape index (κ2) is 12.8. The summed E-state index contributed by atoms with van der Waals surface area (Å²) in [6.07, 6.45) is 2.69. The maximum atomic E-state index is 13.2. The standard InChI is InChI=1S/C29H33N3O7S/c1-20-11-13-22(18-27(20)40(35,36)32-15-7-4-8-16-32)30-29(34)21-12-14-25(26(17-21)38-3)39-19-28(33)31-23-9-5-6-10-24(23)37-2/h5-6,9-14,17-18H,4,7-8,15-16,19H2,1-3H3,(H,30,34)(H,31,33). The van der Waals surface area contributed by atoms with Crippen LogP contribution in [0.15, 0.2) is 65.6 Å². The number of anilines is 2. The van der Waals surface area contributed by atoms with Crippen molar-refractivity contribution >= 4 is 33.2 Å². The molecule has 11 heteroatoms. The van der Waals surface area contributed by atoms with Gasteiger partial charge in [-0.15, -0.1) is 0 Å². The van der Waals surface area contributed by atoms with E-state index in [2.05, 4.69) is 10.6 Å². The van der Waals surface area contributed by atoms with Crippen LogP contribution in [0.3, 0.4) is 0 Å². The van der Waals surface area contributed by atoms with Crippen molar-refractivity contribution in [1.29, 1.82) is 0 Å². The van der Waals surface area contributed by atoms with Crippen LogP contribution in [0.2, 0.25) is 0 Å². The zero-order chi connectivity index (χ0) is 28.7. The predicted molar refractivity (Wildman–Crippen MR) is 152 cm³/mol. The van der Waals surface area contributed by atoms with E-state index in [1.54, 1.807) is 43.3 Å². The van der Waals surface area contributed by atoms with E-state index in [4.69, 9.17) is 14.2 Å². The second-order valence-electron chi connectivity index (χ2n) is 9.30. The minimum atomic E-state index is -3.66. The molecule has 0 aromatic heterocycles. The molecule has 212 valence electrons. The van der Waals surface area contributed by atoms with Crippen LogP contribution in [0.5, 0.6) is 17.2 Å². The molecule has 2 N–H and O–H groups in total. The zero-order valence-corrected chi connectivity index (χ0v) is 23.5. The van der Waals surface area contributed by atoms with Gasteiger partial charge in [-0.3, -0.25) is 9.59 Å². The predicted octanol–water partition coefficient (Wildman–Crippen LogP) is 4.46. The lowest BCUT2D eigenvalue weighted by molar-refractivity contribution is -0.118. The first-order valence-corrected chi connectivity index (χ1v) is 14.3. The Bertz CT molecular complexity index is 1480. The Balaban J connectivity index is 1.43. The van der Waals surface area contributed by atoms with Gasteiger partial charge in [0.05, 0.1) is 24.8 Å². The summed E-state index contributed by atoms with van der Waals surface area (Å²) in [5, 5.41) is 5.49. The van der Waals surface area contributed by atoms with Gasteiger partial charge in [0.1, 0.15) is 5.75 Å². The molecule has 1 aliphatic heterocycles. The van der Waals surface area contributed by atoms with Gasteiger partial charge in [-0.25, -0.2) is 8.42 Å². The van der Waals surface area contributed by atoms with E-state index < -0.39 is 21.8 Å². The highest BCUT2D eigenvalue weighted by molar-refractivity contribution is 7.89. The third-order valence-corrected chi connectivity index (χ3v) is 8.59. The zero-order valence-electron chi connectivity index (χ0n) is 22.7. The van der Waals surface area contributed by atoms with Gasteiger partial charge in [0.2, 0.25) is 10.0 Å². The van der Waals surface area contributed by atoms with E-state index >= 15 is 0 Å². The fourth-order valence-electron chi connectivity index (χ4n) is 4.41. The Morgan fingerprint density at radius 1 is 0.850 bits per heavy atom. The quantitative estimate of drug-likeness (QED) is 0.371. The van der Waals surface area contributed by atoms with Crippen molar-refractivity contribution in [1.82, 2.24) is 4.31 Å². The molecule has 0 bridgehead atoms. The van der Waals surface area contributed by atoms with Crippen LogP contribution in [0.4, 0.5) is 11.4 Å². The van der Waals surface area contributed by atoms with Crippen molar-refractivity contribution in [2.24, 2.45) is 0 Å². The van der Waals surface area contributed by atoms with E-state index in [0.717, 1.165) is 19.3 Å². The van der Waals surface area contributed by atoms with Crippen LogP contribution in [0.25, 0.3) is 0 Å². The minimum absolute atomic E-state index is 0.180. The van der Waals surface area contributed by atoms with Crippen LogP contribution < -0.4 is 24.8 Å². The van der Waals surface area contributed by atoms with Gasteiger partial charge in [-0.1, -0.05) is 24.6 Å². The van der Waals surface area contributed by atoms with Crippen LogP contribution in [0, 0.1) is 6.92 Å². The summed E-state index contributed by atoms with van der Waals surface area (Å²) in [5.74, 6) is 0.204. The van der Waals surface area contributed by atoms with Crippen molar-refractivity contribution in [2.45, 2.75) is 31.1 Å². The van der Waals surface area contributed by atoms with E-state index in [1.165, 1.54) is 42.8 Å². The molecule has 0 radical (unpaired) electrons. The first-order valence-electron chi connectivity index (χ1n) is 12.9. The summed E-state index contributed by atoms with van der Waals surface area (Å²) in [4.78, 5) is 25.6. The van der Waals surface area contributed by atoms with Gasteiger partial charge in [0, 0.05) is 24.3 Å². The summed E-state index contributed by atoms with van der Waals surface area (Å²) >= 11 is 0. The number of methoxy groups -OCH3 is 2. The fourth-order valence-corrected chi connectivity index (χ4v) is 6.18. The van der Waals surface area contributed by atoms with E-state index in [9.17, 15) is 18.0 Å². The van der Waals surface area contributed by atoms with Crippen LogP contribution >= 0.6 is 0 Å². The normalized spacial score (nSPS) is 13.8. The number of piperidine rings is 1. The van der Waals surface area contributed by atoms with Crippen LogP contribution in [0.1, 0.15) is 35.2 Å². The van der Waals surface area contributed by atoms with Crippen molar-refractivity contribution in [2.75, 3.05) is 44.5 Å². The average Bonchev–Trinajstić information content (AvgIpc) is 2.97. The number of nitrogens with one attached hydrogen (secondary N) is 2. The van der Waals surface area contributed by atoms with E-state index in [0.29, 0.717) is 35.8 Å². The Kier molecular flexibility index (Phi) is 9.28. The Labute approximate surface area is 234 Å². The Morgan fingerprint density at radius 3 is 2.30 bits per heavy atom. The molecule has 3 aromatic carbocycles. The molecule has 4 rings (SSSR count). The average molecular weight is 568 g/mol. The molecule has 0 spiro atoms. The number of aryl methyl sites for hydroxylation is 1. The molecule has 0 atom stereocenters. The molecule has 0 saturated carbocycles. The smallest absolute Gasteiger partial charge is 0.262 e. The highest BCUT2D eigenvalue weighted by atomic mass is 32.2. The van der Waals surface area contributed by atoms with Gasteiger partial charge in [-0.05, 0) is 67.8 Å². The number of benzene rings is 3. The highest BCUT2D eigenvalue weighted by Crippen LogP contribution is 2.30. The summed E-state index contributed by atoms with van der Waals surface area (Å²) in [7, 11) is -0.723. The van der Waals surface area contributed by atoms with Gasteiger partial charge in [0.15, 0.2) is 18.1 Å². The molecule has 1 saturated heterocycles. The number of carbonyl (C=O) groups is 2. The van der Waals surface area contributed by atoms with Crippen molar-refractivity contribution in [3.05, 3.63) is 71.8 Å². The van der Waals surface area contributed by atoms with Gasteiger partial charge >= 0.3 is 0 Å². The number of hydrogen-bond donors (Lipinski definition) is 2. The van der Waals surface area contributed by atoms with Crippen LogP contribution in [-0.2, 0) is 14.8 Å². The monoisotopic (exact) mass is 567 g/mol. The number of sulfonamides is 1. The largest absolute Gasteiger partial charge is 0.495 e. The molecular weight excluding hydrogens is 534 g/mol. The fraction of sp³-hybridized carbons (Fsp3) is 0.310. The number of para-hydroxylation sites is 2. The lowest BCUT2D eigenvalue weighted by Gasteiger charge is -2.26. The van der Waals surface area contributed by atoms with E-state index in [-0.39, 0.29) is 28.6 Å². The first-order chi connectivity index (χ1) is 19.2. The maximum Gasteiger partial charge on any atom is 0.262 e. The minimum Gasteiger partial charge on any atom is -0.495 e. The molecule has 2 amide bonds. The SMILES string of the molecule is COc1ccccc1NC(=O)COc1ccc(C(=O)Nc2ccc(C)c(S(=O)(=O)N3CCCCC3)c2)cc1OC. The maximum absolute atomic E-state index is 13.2. The lowest BCUT2D eigenvalue weighted by Crippen LogP contribution is -2.36. The first kappa shape index (κ1) is 28.9. The number of hydrogen-bond acceptors (Lipinski definition) is 7. The molecule has 1 heterocycles. The second-order valence-corrected chi connectivity index (χ2v) is 11.2. The summed E-state index contributed by atoms with van der Waals surface area (Å²) in [6, 6.07) is 16.4. The summed E-state index contributed by atoms with van der Waals surface area (Å²) in [6.45, 7) is 2.43. The number of nitrogens with zero attached hydrogens (tertiary/aromatic N) is 1. The molecule has 0 aliphatic carbocycles. The number of rotatable bonds is 10. The van der Waals surface area contributed by atoms with E-state index in [1.807, 2.05) is 0 Å². The van der Waals surface area contributed by atoms with Crippen molar-refractivity contribution < 1.29 is 32.2 Å². The highest BCUT2D eigenvalue weighted by Gasteiger charge is 2.27. The molecule has 0 unspecified atom stereocenters. The molecule has 3 aromatic rings.